The van der Waals surface area contributed by atoms with Gasteiger partial charge in [-0.3, -0.25) is 14.6 Å². The topological polar surface area (TPSA) is 117 Å². The van der Waals surface area contributed by atoms with Crippen molar-refractivity contribution in [2.24, 2.45) is 0 Å². The van der Waals surface area contributed by atoms with E-state index in [2.05, 4.69) is 25.5 Å². The molecule has 2 heterocycles. The molecule has 1 fully saturated rings. The molecule has 1 aliphatic rings. The minimum atomic E-state index is -1.10. The Balaban J connectivity index is 1.58. The van der Waals surface area contributed by atoms with Gasteiger partial charge < -0.3 is 25.4 Å². The van der Waals surface area contributed by atoms with Gasteiger partial charge in [0.1, 0.15) is 11.7 Å². The van der Waals surface area contributed by atoms with Crippen LogP contribution >= 0.6 is 0 Å². The molecule has 1 aliphatic heterocycles. The van der Waals surface area contributed by atoms with E-state index in [-0.39, 0.29) is 5.69 Å². The first-order valence-electron chi connectivity index (χ1n) is 8.59. The fourth-order valence-corrected chi connectivity index (χ4v) is 2.65. The van der Waals surface area contributed by atoms with E-state index in [1.165, 1.54) is 18.6 Å². The van der Waals surface area contributed by atoms with Crippen LogP contribution in [0.4, 0.5) is 11.4 Å². The molecule has 9 heteroatoms. The Labute approximate surface area is 156 Å². The Morgan fingerprint density at radius 2 is 1.93 bits per heavy atom. The first-order valence-corrected chi connectivity index (χ1v) is 8.59. The van der Waals surface area contributed by atoms with Crippen molar-refractivity contribution in [2.45, 2.75) is 6.04 Å². The number of nitrogens with one attached hydrogen (secondary N) is 2. The Morgan fingerprint density at radius 3 is 2.56 bits per heavy atom. The molecule has 0 bridgehead atoms. The monoisotopic (exact) mass is 371 g/mol. The van der Waals surface area contributed by atoms with Crippen molar-refractivity contribution in [1.29, 1.82) is 0 Å². The normalized spacial score (nSPS) is 15.1. The summed E-state index contributed by atoms with van der Waals surface area (Å²) in [7, 11) is 0. The van der Waals surface area contributed by atoms with Gasteiger partial charge in [-0.05, 0) is 24.3 Å². The largest absolute Gasteiger partial charge is 0.394 e. The number of aromatic nitrogens is 2. The number of hydrogen-bond donors (Lipinski definition) is 3. The maximum Gasteiger partial charge on any atom is 0.272 e. The van der Waals surface area contributed by atoms with Crippen LogP contribution < -0.4 is 15.5 Å². The smallest absolute Gasteiger partial charge is 0.272 e. The second-order valence-electron chi connectivity index (χ2n) is 5.93. The zero-order valence-electron chi connectivity index (χ0n) is 14.7. The van der Waals surface area contributed by atoms with Gasteiger partial charge in [0.2, 0.25) is 5.91 Å². The molecule has 2 amide bonds. The van der Waals surface area contributed by atoms with Crippen molar-refractivity contribution in [3.05, 3.63) is 48.5 Å². The summed E-state index contributed by atoms with van der Waals surface area (Å²) in [4.78, 5) is 34.3. The highest BCUT2D eigenvalue weighted by Crippen LogP contribution is 2.19. The number of anilines is 2. The Morgan fingerprint density at radius 1 is 1.19 bits per heavy atom. The van der Waals surface area contributed by atoms with Gasteiger partial charge in [-0.2, -0.15) is 0 Å². The highest BCUT2D eigenvalue weighted by Gasteiger charge is 2.21. The number of aliphatic hydroxyl groups is 1. The number of amides is 2. The fourth-order valence-electron chi connectivity index (χ4n) is 2.65. The van der Waals surface area contributed by atoms with Gasteiger partial charge in [0.15, 0.2) is 0 Å². The van der Waals surface area contributed by atoms with Crippen molar-refractivity contribution in [1.82, 2.24) is 15.3 Å². The number of ether oxygens (including phenoxy) is 1. The molecule has 27 heavy (non-hydrogen) atoms. The molecule has 1 aromatic carbocycles. The van der Waals surface area contributed by atoms with Crippen molar-refractivity contribution in [3.8, 4) is 0 Å². The molecule has 142 valence electrons. The molecule has 1 atom stereocenters. The van der Waals surface area contributed by atoms with Crippen LogP contribution in [0, 0.1) is 0 Å². The predicted octanol–water partition coefficient (Wildman–Crippen LogP) is 0.0426. The fraction of sp³-hybridized carbons (Fsp3) is 0.333. The Hall–Kier alpha value is -3.04. The number of hydrogen-bond acceptors (Lipinski definition) is 7. The van der Waals surface area contributed by atoms with Gasteiger partial charge in [0.05, 0.1) is 26.0 Å². The quantitative estimate of drug-likeness (QED) is 0.656. The van der Waals surface area contributed by atoms with E-state index < -0.39 is 24.5 Å². The number of rotatable bonds is 6. The van der Waals surface area contributed by atoms with Gasteiger partial charge in [-0.1, -0.05) is 0 Å². The average molecular weight is 371 g/mol. The molecular weight excluding hydrogens is 350 g/mol. The van der Waals surface area contributed by atoms with Gasteiger partial charge in [-0.25, -0.2) is 4.98 Å². The Bertz CT molecular complexity index is 763. The highest BCUT2D eigenvalue weighted by atomic mass is 16.5. The number of nitrogens with zero attached hydrogens (tertiary/aromatic N) is 3. The first-order chi connectivity index (χ1) is 13.2. The lowest BCUT2D eigenvalue weighted by atomic mass is 10.2. The summed E-state index contributed by atoms with van der Waals surface area (Å²) in [5, 5.41) is 14.6. The van der Waals surface area contributed by atoms with E-state index >= 15 is 0 Å². The second-order valence-corrected chi connectivity index (χ2v) is 5.93. The van der Waals surface area contributed by atoms with E-state index in [9.17, 15) is 14.7 Å². The minimum Gasteiger partial charge on any atom is -0.394 e. The van der Waals surface area contributed by atoms with Crippen molar-refractivity contribution < 1.29 is 19.4 Å². The summed E-state index contributed by atoms with van der Waals surface area (Å²) in [5.41, 5.74) is 1.69. The number of aliphatic hydroxyl groups excluding tert-OH is 1. The van der Waals surface area contributed by atoms with Gasteiger partial charge in [0, 0.05) is 36.9 Å². The zero-order valence-corrected chi connectivity index (χ0v) is 14.7. The lowest BCUT2D eigenvalue weighted by Gasteiger charge is -2.29. The van der Waals surface area contributed by atoms with Crippen molar-refractivity contribution in [3.63, 3.8) is 0 Å². The van der Waals surface area contributed by atoms with Crippen LogP contribution in [0.2, 0.25) is 0 Å². The average Bonchev–Trinajstić information content (AvgIpc) is 2.73. The number of morpholine rings is 1. The standard InChI is InChI=1S/C18H21N5O4/c24-12-16(22-17(25)15-11-19-5-6-20-15)18(26)21-13-1-3-14(4-2-13)23-7-9-27-10-8-23/h1-6,11,16,24H,7-10,12H2,(H,21,26)(H,22,25)/t16-/m0/s1. The van der Waals surface area contributed by atoms with E-state index in [4.69, 9.17) is 4.74 Å². The molecule has 1 aromatic heterocycles. The van der Waals surface area contributed by atoms with E-state index in [0.29, 0.717) is 18.9 Å². The molecule has 1 saturated heterocycles. The van der Waals surface area contributed by atoms with Crippen molar-refractivity contribution in [2.75, 3.05) is 43.1 Å². The van der Waals surface area contributed by atoms with Crippen LogP contribution in [0.5, 0.6) is 0 Å². The molecule has 0 saturated carbocycles. The molecule has 9 nitrogen and oxygen atoms in total. The summed E-state index contributed by atoms with van der Waals surface area (Å²) in [6.07, 6.45) is 4.10. The lowest BCUT2D eigenvalue weighted by molar-refractivity contribution is -0.118. The molecule has 2 aromatic rings. The lowest BCUT2D eigenvalue weighted by Crippen LogP contribution is -2.46. The molecule has 0 radical (unpaired) electrons. The third-order valence-corrected chi connectivity index (χ3v) is 4.11. The van der Waals surface area contributed by atoms with Crippen LogP contribution in [0.15, 0.2) is 42.9 Å². The SMILES string of the molecule is O=C(N[C@@H](CO)C(=O)Nc1ccc(N2CCOCC2)cc1)c1cnccn1. The molecule has 0 spiro atoms. The van der Waals surface area contributed by atoms with Crippen LogP contribution in [-0.4, -0.2) is 65.8 Å². The summed E-state index contributed by atoms with van der Waals surface area (Å²) in [5.74, 6) is -1.10. The summed E-state index contributed by atoms with van der Waals surface area (Å²) in [6, 6.07) is 6.28. The molecular formula is C18H21N5O4. The first kappa shape index (κ1) is 18.7. The number of carbonyl (C=O) groups excluding carboxylic acids is 2. The molecule has 3 rings (SSSR count). The Kier molecular flexibility index (Phi) is 6.29. The van der Waals surface area contributed by atoms with Crippen LogP contribution in [0.3, 0.4) is 0 Å². The van der Waals surface area contributed by atoms with Gasteiger partial charge in [-0.15, -0.1) is 0 Å². The number of carbonyl (C=O) groups is 2. The maximum absolute atomic E-state index is 12.3. The maximum atomic E-state index is 12.3. The summed E-state index contributed by atoms with van der Waals surface area (Å²) < 4.78 is 5.33. The van der Waals surface area contributed by atoms with Crippen LogP contribution in [0.25, 0.3) is 0 Å². The highest BCUT2D eigenvalue weighted by molar-refractivity contribution is 6.00. The molecule has 0 aliphatic carbocycles. The van der Waals surface area contributed by atoms with Gasteiger partial charge >= 0.3 is 0 Å². The third kappa shape index (κ3) is 4.99. The summed E-state index contributed by atoms with van der Waals surface area (Å²) in [6.45, 7) is 2.51. The van der Waals surface area contributed by atoms with Gasteiger partial charge in [0.25, 0.3) is 5.91 Å². The zero-order chi connectivity index (χ0) is 19.1. The van der Waals surface area contributed by atoms with E-state index in [1.807, 2.05) is 12.1 Å². The minimum absolute atomic E-state index is 0.0682. The van der Waals surface area contributed by atoms with E-state index in [1.54, 1.807) is 12.1 Å². The predicted molar refractivity (Wildman–Crippen MR) is 98.5 cm³/mol. The summed E-state index contributed by atoms with van der Waals surface area (Å²) >= 11 is 0. The molecule has 3 N–H and O–H groups in total. The van der Waals surface area contributed by atoms with Crippen LogP contribution in [-0.2, 0) is 9.53 Å². The van der Waals surface area contributed by atoms with Crippen molar-refractivity contribution >= 4 is 23.2 Å². The van der Waals surface area contributed by atoms with Crippen LogP contribution in [0.1, 0.15) is 10.5 Å². The second kappa shape index (κ2) is 9.06. The van der Waals surface area contributed by atoms with E-state index in [0.717, 1.165) is 18.8 Å². The number of benzene rings is 1. The molecule has 0 unspecified atom stereocenters. The third-order valence-electron chi connectivity index (χ3n) is 4.11.